The number of ether oxygens (including phenoxy) is 1. The molecule has 202 valence electrons. The number of benzene rings is 4. The molecule has 7 aromatic rings. The van der Waals surface area contributed by atoms with Crippen molar-refractivity contribution in [2.75, 3.05) is 0 Å². The van der Waals surface area contributed by atoms with E-state index in [1.165, 1.54) is 0 Å². The molecule has 7 rings (SSSR count). The van der Waals surface area contributed by atoms with Crippen LogP contribution in [0.25, 0.3) is 44.4 Å². The first-order valence-electron chi connectivity index (χ1n) is 13.3. The van der Waals surface area contributed by atoms with Gasteiger partial charge in [-0.15, -0.1) is 35.7 Å². The van der Waals surface area contributed by atoms with E-state index in [2.05, 4.69) is 78.0 Å². The molecule has 3 aromatic heterocycles. The van der Waals surface area contributed by atoms with Gasteiger partial charge in [-0.1, -0.05) is 54.0 Å². The maximum Gasteiger partial charge on any atom is 2.00 e. The number of pyridine rings is 1. The summed E-state index contributed by atoms with van der Waals surface area (Å²) in [5.41, 5.74) is 8.28. The summed E-state index contributed by atoms with van der Waals surface area (Å²) in [6, 6.07) is 39.6. The smallest absolute Gasteiger partial charge is 0.509 e. The van der Waals surface area contributed by atoms with Crippen molar-refractivity contribution in [2.45, 2.75) is 20.8 Å². The van der Waals surface area contributed by atoms with Crippen molar-refractivity contribution < 1.29 is 25.2 Å². The Morgan fingerprint density at radius 1 is 0.732 bits per heavy atom. The standard InChI is InChI=1S/C35H26N4O.Pd/c1-23-18-19-36-34(20-23)38-32-15-8-7-14-30(32)31-17-16-29(22-33(31)38)40-28-13-9-12-27(21-28)39-25(3)35(24(2)37-39)26-10-5-4-6-11-26;/h4-20H,1-3H3;/q-2;+2. The number of hydrogen-bond donors (Lipinski definition) is 0. The second kappa shape index (κ2) is 10.8. The summed E-state index contributed by atoms with van der Waals surface area (Å²) in [6.45, 7) is 6.20. The van der Waals surface area contributed by atoms with E-state index in [0.29, 0.717) is 11.5 Å². The molecule has 5 nitrogen and oxygen atoms in total. The topological polar surface area (TPSA) is 44.9 Å². The van der Waals surface area contributed by atoms with Gasteiger partial charge in [0.05, 0.1) is 5.69 Å². The van der Waals surface area contributed by atoms with Gasteiger partial charge < -0.3 is 9.30 Å². The molecule has 0 saturated heterocycles. The molecule has 0 aliphatic rings. The van der Waals surface area contributed by atoms with Crippen LogP contribution in [0.2, 0.25) is 0 Å². The molecule has 41 heavy (non-hydrogen) atoms. The molecule has 0 fully saturated rings. The summed E-state index contributed by atoms with van der Waals surface area (Å²) in [6.07, 6.45) is 1.84. The molecule has 0 bridgehead atoms. The molecule has 0 amide bonds. The van der Waals surface area contributed by atoms with Crippen LogP contribution in [0.5, 0.6) is 11.5 Å². The van der Waals surface area contributed by atoms with Crippen molar-refractivity contribution in [2.24, 2.45) is 0 Å². The fraction of sp³-hybridized carbons (Fsp3) is 0.0857. The van der Waals surface area contributed by atoms with Crippen LogP contribution in [0, 0.1) is 32.9 Å². The van der Waals surface area contributed by atoms with Crippen LogP contribution in [0.1, 0.15) is 17.0 Å². The van der Waals surface area contributed by atoms with Gasteiger partial charge in [-0.3, -0.25) is 4.68 Å². The first-order chi connectivity index (χ1) is 19.6. The summed E-state index contributed by atoms with van der Waals surface area (Å²) in [5.74, 6) is 2.06. The van der Waals surface area contributed by atoms with E-state index in [0.717, 1.165) is 61.4 Å². The Labute approximate surface area is 252 Å². The fourth-order valence-corrected chi connectivity index (χ4v) is 5.45. The van der Waals surface area contributed by atoms with Gasteiger partial charge in [-0.2, -0.15) is 17.2 Å². The van der Waals surface area contributed by atoms with Gasteiger partial charge in [0.1, 0.15) is 5.82 Å². The summed E-state index contributed by atoms with van der Waals surface area (Å²) < 4.78 is 10.4. The largest absolute Gasteiger partial charge is 2.00 e. The average Bonchev–Trinajstić information content (AvgIpc) is 3.46. The van der Waals surface area contributed by atoms with Crippen LogP contribution in [-0.4, -0.2) is 19.3 Å². The maximum atomic E-state index is 6.33. The third kappa shape index (κ3) is 4.76. The minimum absolute atomic E-state index is 0. The Kier molecular flexibility index (Phi) is 7.05. The van der Waals surface area contributed by atoms with Crippen LogP contribution >= 0.6 is 0 Å². The Morgan fingerprint density at radius 2 is 1.51 bits per heavy atom. The fourth-order valence-electron chi connectivity index (χ4n) is 5.45. The predicted molar refractivity (Wildman–Crippen MR) is 160 cm³/mol. The second-order valence-electron chi connectivity index (χ2n) is 9.95. The molecule has 0 atom stereocenters. The molecule has 0 N–H and O–H groups in total. The van der Waals surface area contributed by atoms with Crippen LogP contribution in [-0.2, 0) is 20.4 Å². The first-order valence-corrected chi connectivity index (χ1v) is 13.3. The van der Waals surface area contributed by atoms with E-state index >= 15 is 0 Å². The molecule has 4 aromatic carbocycles. The van der Waals surface area contributed by atoms with Gasteiger partial charge in [-0.05, 0) is 61.2 Å². The van der Waals surface area contributed by atoms with Crippen molar-refractivity contribution in [1.29, 1.82) is 0 Å². The van der Waals surface area contributed by atoms with E-state index in [9.17, 15) is 0 Å². The minimum Gasteiger partial charge on any atom is -0.509 e. The molecule has 0 saturated carbocycles. The number of para-hydroxylation sites is 1. The van der Waals surface area contributed by atoms with Crippen LogP contribution < -0.4 is 4.74 Å². The Morgan fingerprint density at radius 3 is 2.34 bits per heavy atom. The van der Waals surface area contributed by atoms with Crippen molar-refractivity contribution in [3.63, 3.8) is 0 Å². The third-order valence-electron chi connectivity index (χ3n) is 7.24. The number of nitrogens with zero attached hydrogens (tertiary/aromatic N) is 4. The number of aromatic nitrogens is 4. The number of fused-ring (bicyclic) bond motifs is 3. The van der Waals surface area contributed by atoms with E-state index in [1.54, 1.807) is 0 Å². The average molecular weight is 625 g/mol. The minimum atomic E-state index is 0. The van der Waals surface area contributed by atoms with Gasteiger partial charge in [0, 0.05) is 34.5 Å². The number of hydrogen-bond acceptors (Lipinski definition) is 3. The van der Waals surface area contributed by atoms with E-state index in [-0.39, 0.29) is 20.4 Å². The monoisotopic (exact) mass is 624 g/mol. The summed E-state index contributed by atoms with van der Waals surface area (Å²) in [4.78, 5) is 4.67. The van der Waals surface area contributed by atoms with E-state index in [4.69, 9.17) is 9.84 Å². The first kappa shape index (κ1) is 26.7. The van der Waals surface area contributed by atoms with Crippen molar-refractivity contribution in [1.82, 2.24) is 19.3 Å². The number of aryl methyl sites for hydroxylation is 2. The zero-order chi connectivity index (χ0) is 27.2. The molecule has 6 heteroatoms. The summed E-state index contributed by atoms with van der Waals surface area (Å²) in [5, 5.41) is 7.08. The summed E-state index contributed by atoms with van der Waals surface area (Å²) in [7, 11) is 0. The van der Waals surface area contributed by atoms with Crippen LogP contribution in [0.15, 0.2) is 103 Å². The molecule has 0 spiro atoms. The van der Waals surface area contributed by atoms with Crippen LogP contribution in [0.4, 0.5) is 0 Å². The second-order valence-corrected chi connectivity index (χ2v) is 9.95. The molecule has 3 heterocycles. The Balaban J connectivity index is 0.00000302. The molecule has 0 unspecified atom stereocenters. The Bertz CT molecular complexity index is 2020. The summed E-state index contributed by atoms with van der Waals surface area (Å²) >= 11 is 0. The molecule has 0 aliphatic carbocycles. The molecule has 0 aliphatic heterocycles. The molecular formula is C35H26N4OPd. The predicted octanol–water partition coefficient (Wildman–Crippen LogP) is 8.35. The van der Waals surface area contributed by atoms with Crippen LogP contribution in [0.3, 0.4) is 0 Å². The third-order valence-corrected chi connectivity index (χ3v) is 7.24. The van der Waals surface area contributed by atoms with Crippen molar-refractivity contribution in [3.8, 4) is 34.1 Å². The van der Waals surface area contributed by atoms with E-state index in [1.807, 2.05) is 72.4 Å². The van der Waals surface area contributed by atoms with Gasteiger partial charge in [0.15, 0.2) is 0 Å². The van der Waals surface area contributed by atoms with Crippen molar-refractivity contribution in [3.05, 3.63) is 132 Å². The molecular weight excluding hydrogens is 599 g/mol. The van der Waals surface area contributed by atoms with Crippen molar-refractivity contribution >= 4 is 21.8 Å². The zero-order valence-electron chi connectivity index (χ0n) is 22.8. The van der Waals surface area contributed by atoms with Gasteiger partial charge in [-0.25, -0.2) is 4.98 Å². The maximum absolute atomic E-state index is 6.33. The molecule has 0 radical (unpaired) electrons. The quantitative estimate of drug-likeness (QED) is 0.143. The van der Waals surface area contributed by atoms with E-state index < -0.39 is 0 Å². The van der Waals surface area contributed by atoms with Gasteiger partial charge >= 0.3 is 20.4 Å². The SMILES string of the molecule is Cc1ccnc(-n2c3[c-]c(Oc4[c-]c(-n5nc(C)c(-c6ccccc6)c5C)ccc4)ccc3c3ccccc32)c1.[Pd+2]. The Hall–Kier alpha value is -4.50. The van der Waals surface area contributed by atoms with Gasteiger partial charge in [0.2, 0.25) is 0 Å². The zero-order valence-corrected chi connectivity index (χ0v) is 24.4. The number of rotatable bonds is 5. The normalized spacial score (nSPS) is 11.1. The van der Waals surface area contributed by atoms with Gasteiger partial charge in [0.25, 0.3) is 0 Å².